The first-order chi connectivity index (χ1) is 10.6. The second-order valence-corrected chi connectivity index (χ2v) is 5.92. The van der Waals surface area contributed by atoms with Gasteiger partial charge in [0.15, 0.2) is 0 Å². The molecule has 0 saturated heterocycles. The topological polar surface area (TPSA) is 78.9 Å². The number of ether oxygens (including phenoxy) is 3. The lowest BCUT2D eigenvalue weighted by Crippen LogP contribution is -2.36. The third kappa shape index (κ3) is 4.45. The van der Waals surface area contributed by atoms with Gasteiger partial charge in [0.05, 0.1) is 18.4 Å². The van der Waals surface area contributed by atoms with Gasteiger partial charge in [0.25, 0.3) is 0 Å². The highest BCUT2D eigenvalue weighted by Gasteiger charge is 2.35. The maximum absolute atomic E-state index is 12.0. The van der Waals surface area contributed by atoms with Crippen molar-refractivity contribution in [3.8, 4) is 0 Å². The molecule has 2 rings (SSSR count). The van der Waals surface area contributed by atoms with Crippen LogP contribution in [0.25, 0.3) is 0 Å². The van der Waals surface area contributed by atoms with E-state index in [2.05, 4.69) is 0 Å². The van der Waals surface area contributed by atoms with Gasteiger partial charge in [0, 0.05) is 0 Å². The summed E-state index contributed by atoms with van der Waals surface area (Å²) in [6.45, 7) is 1.78. The van der Waals surface area contributed by atoms with Gasteiger partial charge >= 0.3 is 24.2 Å². The first kappa shape index (κ1) is 16.8. The van der Waals surface area contributed by atoms with E-state index >= 15 is 0 Å². The van der Waals surface area contributed by atoms with Gasteiger partial charge in [-0.15, -0.1) is 0 Å². The molecule has 0 bridgehead atoms. The largest absolute Gasteiger partial charge is 0.460 e. The lowest BCUT2D eigenvalue weighted by Gasteiger charge is -2.20. The molecule has 0 amide bonds. The summed E-state index contributed by atoms with van der Waals surface area (Å²) in [5.41, 5.74) is 0. The maximum Gasteiger partial charge on any atom is 0.389 e. The van der Waals surface area contributed by atoms with Crippen molar-refractivity contribution >= 4 is 17.9 Å². The van der Waals surface area contributed by atoms with Gasteiger partial charge < -0.3 is 14.2 Å². The number of carbonyl (C=O) groups is 3. The fourth-order valence-electron chi connectivity index (χ4n) is 3.06. The minimum absolute atomic E-state index is 0.136. The Labute approximate surface area is 130 Å². The van der Waals surface area contributed by atoms with E-state index in [1.165, 1.54) is 0 Å². The molecule has 0 aromatic rings. The summed E-state index contributed by atoms with van der Waals surface area (Å²) < 4.78 is 15.1. The molecule has 2 aliphatic rings. The molecule has 0 heterocycles. The van der Waals surface area contributed by atoms with E-state index in [-0.39, 0.29) is 18.4 Å². The molecule has 124 valence electrons. The van der Waals surface area contributed by atoms with E-state index in [0.717, 1.165) is 51.4 Å². The second-order valence-electron chi connectivity index (χ2n) is 5.92. The zero-order valence-corrected chi connectivity index (χ0v) is 13.0. The molecule has 0 aromatic heterocycles. The monoisotopic (exact) mass is 312 g/mol. The van der Waals surface area contributed by atoms with Crippen molar-refractivity contribution in [2.24, 2.45) is 11.8 Å². The number of carbonyl (C=O) groups excluding carboxylic acids is 3. The van der Waals surface area contributed by atoms with Crippen molar-refractivity contribution in [2.45, 2.75) is 64.6 Å². The van der Waals surface area contributed by atoms with Crippen LogP contribution in [0.1, 0.15) is 58.3 Å². The fourth-order valence-corrected chi connectivity index (χ4v) is 3.06. The van der Waals surface area contributed by atoms with Crippen molar-refractivity contribution < 1.29 is 28.6 Å². The summed E-state index contributed by atoms with van der Waals surface area (Å²) in [4.78, 5) is 36.0. The number of esters is 3. The van der Waals surface area contributed by atoms with Crippen molar-refractivity contribution in [1.82, 2.24) is 0 Å². The number of rotatable bonds is 6. The van der Waals surface area contributed by atoms with Gasteiger partial charge in [-0.3, -0.25) is 9.59 Å². The van der Waals surface area contributed by atoms with Gasteiger partial charge in [-0.2, -0.15) is 0 Å². The van der Waals surface area contributed by atoms with Gasteiger partial charge in [0.1, 0.15) is 0 Å². The molecule has 0 N–H and O–H groups in total. The van der Waals surface area contributed by atoms with Crippen LogP contribution in [0.2, 0.25) is 0 Å². The van der Waals surface area contributed by atoms with Gasteiger partial charge in [-0.05, 0) is 32.6 Å². The van der Waals surface area contributed by atoms with E-state index in [1.54, 1.807) is 6.92 Å². The highest BCUT2D eigenvalue weighted by Crippen LogP contribution is 2.28. The quantitative estimate of drug-likeness (QED) is 0.553. The zero-order chi connectivity index (χ0) is 15.9. The molecule has 0 aliphatic heterocycles. The van der Waals surface area contributed by atoms with Gasteiger partial charge in [-0.1, -0.05) is 25.7 Å². The molecule has 2 fully saturated rings. The van der Waals surface area contributed by atoms with E-state index < -0.39 is 24.2 Å². The molecule has 0 atom stereocenters. The highest BCUT2D eigenvalue weighted by molar-refractivity contribution is 5.82. The predicted molar refractivity (Wildman–Crippen MR) is 76.5 cm³/mol. The first-order valence-corrected chi connectivity index (χ1v) is 8.19. The standard InChI is InChI=1S/C16H24O6/c1-2-20-15(19)16(21-13(17)11-7-3-4-8-11)22-14(18)12-9-5-6-10-12/h11-12,16H,2-10H2,1H3. The van der Waals surface area contributed by atoms with Crippen molar-refractivity contribution in [3.63, 3.8) is 0 Å². The third-order valence-corrected chi connectivity index (χ3v) is 4.30. The lowest BCUT2D eigenvalue weighted by atomic mass is 10.1. The molecule has 0 radical (unpaired) electrons. The Morgan fingerprint density at radius 2 is 1.27 bits per heavy atom. The smallest absolute Gasteiger partial charge is 0.389 e. The van der Waals surface area contributed by atoms with Crippen LogP contribution in [-0.4, -0.2) is 30.8 Å². The maximum atomic E-state index is 12.0. The fraction of sp³-hybridized carbons (Fsp3) is 0.812. The molecule has 6 heteroatoms. The Balaban J connectivity index is 1.93. The average molecular weight is 312 g/mol. The minimum atomic E-state index is -1.57. The molecular weight excluding hydrogens is 288 g/mol. The minimum Gasteiger partial charge on any atom is -0.460 e. The van der Waals surface area contributed by atoms with E-state index in [4.69, 9.17) is 14.2 Å². The van der Waals surface area contributed by atoms with Crippen LogP contribution in [0, 0.1) is 11.8 Å². The first-order valence-electron chi connectivity index (χ1n) is 8.19. The molecule has 0 aromatic carbocycles. The SMILES string of the molecule is CCOC(=O)C(OC(=O)C1CCCC1)OC(=O)C1CCCC1. The zero-order valence-electron chi connectivity index (χ0n) is 13.0. The van der Waals surface area contributed by atoms with Crippen LogP contribution in [0.4, 0.5) is 0 Å². The van der Waals surface area contributed by atoms with Crippen LogP contribution >= 0.6 is 0 Å². The van der Waals surface area contributed by atoms with Crippen LogP contribution < -0.4 is 0 Å². The summed E-state index contributed by atoms with van der Waals surface area (Å²) in [6, 6.07) is 0. The Morgan fingerprint density at radius 3 is 1.64 bits per heavy atom. The normalized spacial score (nSPS) is 19.4. The summed E-state index contributed by atoms with van der Waals surface area (Å²) in [5, 5.41) is 0. The third-order valence-electron chi connectivity index (χ3n) is 4.30. The van der Waals surface area contributed by atoms with E-state index in [9.17, 15) is 14.4 Å². The van der Waals surface area contributed by atoms with Crippen LogP contribution in [-0.2, 0) is 28.6 Å². The Hall–Kier alpha value is -1.59. The van der Waals surface area contributed by atoms with Crippen molar-refractivity contribution in [3.05, 3.63) is 0 Å². The molecule has 0 spiro atoms. The second kappa shape index (κ2) is 8.15. The average Bonchev–Trinajstić information content (AvgIpc) is 3.19. The van der Waals surface area contributed by atoms with E-state index in [0.29, 0.717) is 0 Å². The molecular formula is C16H24O6. The highest BCUT2D eigenvalue weighted by atomic mass is 16.7. The molecule has 2 saturated carbocycles. The summed E-state index contributed by atoms with van der Waals surface area (Å²) in [6.07, 6.45) is 5.36. The molecule has 2 aliphatic carbocycles. The summed E-state index contributed by atoms with van der Waals surface area (Å²) >= 11 is 0. The number of hydrogen-bond donors (Lipinski definition) is 0. The van der Waals surface area contributed by atoms with Crippen molar-refractivity contribution in [1.29, 1.82) is 0 Å². The Kier molecular flexibility index (Phi) is 6.21. The van der Waals surface area contributed by atoms with Crippen molar-refractivity contribution in [2.75, 3.05) is 6.61 Å². The van der Waals surface area contributed by atoms with Gasteiger partial charge in [0.2, 0.25) is 0 Å². The Bertz CT molecular complexity index is 377. The summed E-state index contributed by atoms with van der Waals surface area (Å²) in [5.74, 6) is -2.19. The van der Waals surface area contributed by atoms with Crippen LogP contribution in [0.3, 0.4) is 0 Å². The number of hydrogen-bond acceptors (Lipinski definition) is 6. The Morgan fingerprint density at radius 1 is 0.864 bits per heavy atom. The summed E-state index contributed by atoms with van der Waals surface area (Å²) in [7, 11) is 0. The molecule has 0 unspecified atom stereocenters. The lowest BCUT2D eigenvalue weighted by molar-refractivity contribution is -0.207. The van der Waals surface area contributed by atoms with Gasteiger partial charge in [-0.25, -0.2) is 4.79 Å². The van der Waals surface area contributed by atoms with Crippen LogP contribution in [0.5, 0.6) is 0 Å². The predicted octanol–water partition coefficient (Wildman–Crippen LogP) is 2.34. The molecule has 22 heavy (non-hydrogen) atoms. The van der Waals surface area contributed by atoms with Crippen LogP contribution in [0.15, 0.2) is 0 Å². The molecule has 6 nitrogen and oxygen atoms in total. The van der Waals surface area contributed by atoms with E-state index in [1.807, 2.05) is 0 Å².